The van der Waals surface area contributed by atoms with E-state index in [1.807, 2.05) is 35.9 Å². The lowest BCUT2D eigenvalue weighted by atomic mass is 10.1. The first-order chi connectivity index (χ1) is 12.1. The summed E-state index contributed by atoms with van der Waals surface area (Å²) in [4.78, 5) is 22.9. The highest BCUT2D eigenvalue weighted by molar-refractivity contribution is 5.99. The number of fused-ring (bicyclic) bond motifs is 1. The molecule has 1 aliphatic rings. The van der Waals surface area contributed by atoms with Gasteiger partial charge in [-0.3, -0.25) is 14.3 Å². The number of amides is 1. The standard InChI is InChI=1S/C19H19FN4O/c1-13-12-24(18-11-21-6-7-22-18)17-3-2-14(10-16(13)17)19(25)23-8-4-15(20)5-9-23/h2-3,6-7,10-12,15H,4-5,8-9H2,1H3. The van der Waals surface area contributed by atoms with Crippen molar-refractivity contribution in [1.29, 1.82) is 0 Å². The maximum atomic E-state index is 13.3. The van der Waals surface area contributed by atoms with Gasteiger partial charge in [0.15, 0.2) is 5.82 Å². The molecule has 0 N–H and O–H groups in total. The number of aryl methyl sites for hydroxylation is 1. The molecule has 1 amide bonds. The average molecular weight is 338 g/mol. The van der Waals surface area contributed by atoms with Crippen LogP contribution in [0.5, 0.6) is 0 Å². The number of halogens is 1. The van der Waals surface area contributed by atoms with E-state index in [4.69, 9.17) is 0 Å². The van der Waals surface area contributed by atoms with Crippen LogP contribution in [-0.2, 0) is 0 Å². The number of hydrogen-bond acceptors (Lipinski definition) is 3. The number of benzene rings is 1. The fourth-order valence-electron chi connectivity index (χ4n) is 3.37. The number of alkyl halides is 1. The van der Waals surface area contributed by atoms with Crippen LogP contribution < -0.4 is 0 Å². The van der Waals surface area contributed by atoms with Gasteiger partial charge in [-0.1, -0.05) is 0 Å². The molecule has 25 heavy (non-hydrogen) atoms. The third-order valence-corrected chi connectivity index (χ3v) is 4.76. The van der Waals surface area contributed by atoms with Gasteiger partial charge in [-0.25, -0.2) is 9.37 Å². The van der Waals surface area contributed by atoms with Crippen molar-refractivity contribution in [3.05, 3.63) is 54.1 Å². The van der Waals surface area contributed by atoms with Gasteiger partial charge >= 0.3 is 0 Å². The van der Waals surface area contributed by atoms with Crippen molar-refractivity contribution < 1.29 is 9.18 Å². The second kappa shape index (κ2) is 6.27. The average Bonchev–Trinajstić information content (AvgIpc) is 2.99. The van der Waals surface area contributed by atoms with Gasteiger partial charge in [-0.15, -0.1) is 0 Å². The highest BCUT2D eigenvalue weighted by atomic mass is 19.1. The fourth-order valence-corrected chi connectivity index (χ4v) is 3.37. The Labute approximate surface area is 145 Å². The van der Waals surface area contributed by atoms with E-state index in [0.717, 1.165) is 22.3 Å². The van der Waals surface area contributed by atoms with Crippen molar-refractivity contribution in [1.82, 2.24) is 19.4 Å². The SMILES string of the molecule is Cc1cn(-c2cnccn2)c2ccc(C(=O)N3CCC(F)CC3)cc12. The number of carbonyl (C=O) groups is 1. The van der Waals surface area contributed by atoms with E-state index in [1.54, 1.807) is 23.5 Å². The van der Waals surface area contributed by atoms with Crippen molar-refractivity contribution in [2.24, 2.45) is 0 Å². The van der Waals surface area contributed by atoms with Crippen LogP contribution in [0.1, 0.15) is 28.8 Å². The monoisotopic (exact) mass is 338 g/mol. The van der Waals surface area contributed by atoms with E-state index in [1.165, 1.54) is 0 Å². The first kappa shape index (κ1) is 15.7. The van der Waals surface area contributed by atoms with Crippen LogP contribution in [0.25, 0.3) is 16.7 Å². The number of hydrogen-bond donors (Lipinski definition) is 0. The van der Waals surface area contributed by atoms with Gasteiger partial charge in [0.1, 0.15) is 6.17 Å². The van der Waals surface area contributed by atoms with E-state index in [-0.39, 0.29) is 5.91 Å². The van der Waals surface area contributed by atoms with Gasteiger partial charge in [0.05, 0.1) is 11.7 Å². The van der Waals surface area contributed by atoms with E-state index < -0.39 is 6.17 Å². The predicted molar refractivity (Wildman–Crippen MR) is 93.6 cm³/mol. The van der Waals surface area contributed by atoms with Crippen molar-refractivity contribution in [2.75, 3.05) is 13.1 Å². The Hall–Kier alpha value is -2.76. The van der Waals surface area contributed by atoms with Gasteiger partial charge in [0.2, 0.25) is 0 Å². The summed E-state index contributed by atoms with van der Waals surface area (Å²) in [5.74, 6) is 0.713. The fraction of sp³-hybridized carbons (Fsp3) is 0.316. The summed E-state index contributed by atoms with van der Waals surface area (Å²) in [6.45, 7) is 2.98. The van der Waals surface area contributed by atoms with E-state index in [0.29, 0.717) is 31.5 Å². The summed E-state index contributed by atoms with van der Waals surface area (Å²) in [6.07, 6.45) is 7.07. The zero-order chi connectivity index (χ0) is 17.4. The highest BCUT2D eigenvalue weighted by Gasteiger charge is 2.23. The molecule has 0 aliphatic carbocycles. The predicted octanol–water partition coefficient (Wildman–Crippen LogP) is 3.30. The van der Waals surface area contributed by atoms with Crippen LogP contribution in [0, 0.1) is 6.92 Å². The molecular weight excluding hydrogens is 319 g/mol. The second-order valence-corrected chi connectivity index (χ2v) is 6.44. The van der Waals surface area contributed by atoms with Crippen LogP contribution in [0.4, 0.5) is 4.39 Å². The summed E-state index contributed by atoms with van der Waals surface area (Å²) in [6, 6.07) is 5.69. The number of carbonyl (C=O) groups excluding carboxylic acids is 1. The lowest BCUT2D eigenvalue weighted by molar-refractivity contribution is 0.0667. The van der Waals surface area contributed by atoms with Crippen LogP contribution in [0.3, 0.4) is 0 Å². The molecule has 6 heteroatoms. The van der Waals surface area contributed by atoms with Crippen molar-refractivity contribution in [3.8, 4) is 5.82 Å². The molecule has 2 aromatic heterocycles. The lowest BCUT2D eigenvalue weighted by Gasteiger charge is -2.28. The molecule has 1 fully saturated rings. The molecule has 0 unspecified atom stereocenters. The number of piperidine rings is 1. The minimum absolute atomic E-state index is 0.0274. The van der Waals surface area contributed by atoms with Gasteiger partial charge < -0.3 is 4.90 Å². The number of likely N-dealkylation sites (tertiary alicyclic amines) is 1. The Kier molecular flexibility index (Phi) is 3.95. The Morgan fingerprint density at radius 3 is 2.76 bits per heavy atom. The van der Waals surface area contributed by atoms with Crippen LogP contribution in [0.2, 0.25) is 0 Å². The molecule has 0 radical (unpaired) electrons. The summed E-state index contributed by atoms with van der Waals surface area (Å²) in [5.41, 5.74) is 2.69. The molecule has 128 valence electrons. The largest absolute Gasteiger partial charge is 0.338 e. The maximum Gasteiger partial charge on any atom is 0.253 e. The van der Waals surface area contributed by atoms with Gasteiger partial charge in [-0.05, 0) is 43.5 Å². The molecule has 0 bridgehead atoms. The topological polar surface area (TPSA) is 51.0 Å². The van der Waals surface area contributed by atoms with Crippen LogP contribution in [0.15, 0.2) is 43.0 Å². The maximum absolute atomic E-state index is 13.3. The van der Waals surface area contributed by atoms with E-state index in [2.05, 4.69) is 9.97 Å². The van der Waals surface area contributed by atoms with E-state index >= 15 is 0 Å². The third kappa shape index (κ3) is 2.88. The first-order valence-electron chi connectivity index (χ1n) is 8.45. The molecule has 1 saturated heterocycles. The van der Waals surface area contributed by atoms with Crippen LogP contribution >= 0.6 is 0 Å². The lowest BCUT2D eigenvalue weighted by Crippen LogP contribution is -2.39. The zero-order valence-corrected chi connectivity index (χ0v) is 14.0. The molecule has 0 saturated carbocycles. The molecule has 4 rings (SSSR count). The quantitative estimate of drug-likeness (QED) is 0.720. The Morgan fingerprint density at radius 2 is 2.04 bits per heavy atom. The third-order valence-electron chi connectivity index (χ3n) is 4.76. The molecule has 5 nitrogen and oxygen atoms in total. The smallest absolute Gasteiger partial charge is 0.253 e. The number of nitrogens with zero attached hydrogens (tertiary/aromatic N) is 4. The van der Waals surface area contributed by atoms with E-state index in [9.17, 15) is 9.18 Å². The Bertz CT molecular complexity index is 914. The normalized spacial score (nSPS) is 15.7. The van der Waals surface area contributed by atoms with Gasteiger partial charge in [0, 0.05) is 42.6 Å². The summed E-state index contributed by atoms with van der Waals surface area (Å²) in [5, 5.41) is 1.01. The highest BCUT2D eigenvalue weighted by Crippen LogP contribution is 2.26. The van der Waals surface area contributed by atoms with Crippen LogP contribution in [-0.4, -0.2) is 44.6 Å². The number of rotatable bonds is 2. The Morgan fingerprint density at radius 1 is 1.24 bits per heavy atom. The summed E-state index contributed by atoms with van der Waals surface area (Å²) >= 11 is 0. The molecule has 1 aromatic carbocycles. The Balaban J connectivity index is 1.69. The molecule has 1 aliphatic heterocycles. The van der Waals surface area contributed by atoms with Crippen molar-refractivity contribution in [2.45, 2.75) is 25.9 Å². The molecule has 3 heterocycles. The summed E-state index contributed by atoms with van der Waals surface area (Å²) in [7, 11) is 0. The second-order valence-electron chi connectivity index (χ2n) is 6.44. The molecule has 0 atom stereocenters. The summed E-state index contributed by atoms with van der Waals surface area (Å²) < 4.78 is 15.3. The minimum Gasteiger partial charge on any atom is -0.338 e. The van der Waals surface area contributed by atoms with Crippen molar-refractivity contribution >= 4 is 16.8 Å². The first-order valence-corrected chi connectivity index (χ1v) is 8.45. The number of aromatic nitrogens is 3. The van der Waals surface area contributed by atoms with Crippen molar-refractivity contribution in [3.63, 3.8) is 0 Å². The minimum atomic E-state index is -0.783. The molecular formula is C19H19FN4O. The zero-order valence-electron chi connectivity index (χ0n) is 14.0. The van der Waals surface area contributed by atoms with Gasteiger partial charge in [0.25, 0.3) is 5.91 Å². The van der Waals surface area contributed by atoms with Gasteiger partial charge in [-0.2, -0.15) is 0 Å². The molecule has 3 aromatic rings. The molecule has 0 spiro atoms.